The number of nitrogens with zero attached hydrogens (tertiary/aromatic N) is 1. The minimum absolute atomic E-state index is 0.754. The number of hydrogen-bond donors (Lipinski definition) is 1. The van der Waals surface area contributed by atoms with Crippen LogP contribution >= 0.6 is 0 Å². The van der Waals surface area contributed by atoms with Crippen LogP contribution in [-0.4, -0.2) is 4.98 Å². The van der Waals surface area contributed by atoms with Crippen molar-refractivity contribution in [3.8, 4) is 0 Å². The highest BCUT2D eigenvalue weighted by atomic mass is 14.7. The van der Waals surface area contributed by atoms with Crippen molar-refractivity contribution < 1.29 is 0 Å². The van der Waals surface area contributed by atoms with E-state index in [2.05, 4.69) is 25.6 Å². The van der Waals surface area contributed by atoms with Crippen LogP contribution in [0.2, 0.25) is 0 Å². The molecule has 0 amide bonds. The monoisotopic (exact) mass is 260 g/mol. The average molecular weight is 260 g/mol. The Kier molecular flexibility index (Phi) is 2.99. The Morgan fingerprint density at radius 3 is 2.50 bits per heavy atom. The van der Waals surface area contributed by atoms with Gasteiger partial charge in [-0.15, -0.1) is 0 Å². The van der Waals surface area contributed by atoms with Crippen LogP contribution < -0.4 is 5.73 Å². The lowest BCUT2D eigenvalue weighted by atomic mass is 9.99. The SMILES string of the molecule is C=C(c1ccc(N)cc1)c1nc2ccccc2cc1C. The van der Waals surface area contributed by atoms with E-state index in [-0.39, 0.29) is 0 Å². The second-order valence-electron chi connectivity index (χ2n) is 4.95. The van der Waals surface area contributed by atoms with Gasteiger partial charge in [0.15, 0.2) is 0 Å². The van der Waals surface area contributed by atoms with Crippen molar-refractivity contribution in [2.75, 3.05) is 5.73 Å². The zero-order chi connectivity index (χ0) is 14.1. The molecule has 3 rings (SSSR count). The Balaban J connectivity index is 2.11. The minimum Gasteiger partial charge on any atom is -0.399 e. The Labute approximate surface area is 118 Å². The van der Waals surface area contributed by atoms with Crippen LogP contribution in [0.5, 0.6) is 0 Å². The molecule has 98 valence electrons. The van der Waals surface area contributed by atoms with Crippen LogP contribution in [-0.2, 0) is 0 Å². The summed E-state index contributed by atoms with van der Waals surface area (Å²) in [5.74, 6) is 0. The molecule has 2 heteroatoms. The maximum absolute atomic E-state index is 5.72. The lowest BCUT2D eigenvalue weighted by Crippen LogP contribution is -1.96. The molecule has 0 spiro atoms. The van der Waals surface area contributed by atoms with Crippen LogP contribution in [0.1, 0.15) is 16.8 Å². The number of aromatic nitrogens is 1. The number of aryl methyl sites for hydroxylation is 1. The molecule has 0 unspecified atom stereocenters. The van der Waals surface area contributed by atoms with Crippen molar-refractivity contribution in [1.82, 2.24) is 4.98 Å². The summed E-state index contributed by atoms with van der Waals surface area (Å²) < 4.78 is 0. The summed E-state index contributed by atoms with van der Waals surface area (Å²) in [7, 11) is 0. The lowest BCUT2D eigenvalue weighted by Gasteiger charge is -2.10. The first kappa shape index (κ1) is 12.4. The molecule has 0 radical (unpaired) electrons. The summed E-state index contributed by atoms with van der Waals surface area (Å²) >= 11 is 0. The normalized spacial score (nSPS) is 10.7. The first-order valence-corrected chi connectivity index (χ1v) is 6.57. The van der Waals surface area contributed by atoms with Gasteiger partial charge in [-0.25, -0.2) is 4.98 Å². The molecule has 3 aromatic rings. The number of rotatable bonds is 2. The summed E-state index contributed by atoms with van der Waals surface area (Å²) in [6.45, 7) is 6.26. The van der Waals surface area contributed by atoms with Gasteiger partial charge < -0.3 is 5.73 Å². The highest BCUT2D eigenvalue weighted by molar-refractivity contribution is 5.85. The van der Waals surface area contributed by atoms with Crippen LogP contribution in [0, 0.1) is 6.92 Å². The fourth-order valence-electron chi connectivity index (χ4n) is 2.35. The third kappa shape index (κ3) is 2.16. The molecule has 0 bridgehead atoms. The van der Waals surface area contributed by atoms with Crippen LogP contribution in [0.4, 0.5) is 5.69 Å². The Morgan fingerprint density at radius 2 is 1.75 bits per heavy atom. The minimum atomic E-state index is 0.754. The highest BCUT2D eigenvalue weighted by Crippen LogP contribution is 2.26. The molecule has 0 fully saturated rings. The van der Waals surface area contributed by atoms with Gasteiger partial charge in [0.25, 0.3) is 0 Å². The second kappa shape index (κ2) is 4.82. The maximum atomic E-state index is 5.72. The van der Waals surface area contributed by atoms with E-state index in [9.17, 15) is 0 Å². The van der Waals surface area contributed by atoms with Crippen molar-refractivity contribution >= 4 is 22.2 Å². The predicted molar refractivity (Wildman–Crippen MR) is 85.5 cm³/mol. The van der Waals surface area contributed by atoms with Gasteiger partial charge >= 0.3 is 0 Å². The van der Waals surface area contributed by atoms with Crippen LogP contribution in [0.3, 0.4) is 0 Å². The third-order valence-electron chi connectivity index (χ3n) is 3.46. The standard InChI is InChI=1S/C18H16N2/c1-12-11-15-5-3-4-6-17(15)20-18(12)13(2)14-7-9-16(19)10-8-14/h3-11H,2,19H2,1H3. The number of nitrogens with two attached hydrogens (primary N) is 1. The number of benzene rings is 2. The molecule has 0 aliphatic heterocycles. The van der Waals surface area contributed by atoms with Gasteiger partial charge in [0.2, 0.25) is 0 Å². The zero-order valence-corrected chi connectivity index (χ0v) is 11.4. The molecule has 0 aliphatic rings. The summed E-state index contributed by atoms with van der Waals surface area (Å²) in [4.78, 5) is 4.74. The zero-order valence-electron chi connectivity index (χ0n) is 11.4. The first-order chi connectivity index (χ1) is 9.65. The van der Waals surface area contributed by atoms with Gasteiger partial charge in [-0.1, -0.05) is 36.9 Å². The van der Waals surface area contributed by atoms with Crippen molar-refractivity contribution in [1.29, 1.82) is 0 Å². The first-order valence-electron chi connectivity index (χ1n) is 6.57. The molecule has 2 aromatic carbocycles. The molecule has 1 heterocycles. The molecule has 20 heavy (non-hydrogen) atoms. The van der Waals surface area contributed by atoms with E-state index in [1.807, 2.05) is 42.5 Å². The third-order valence-corrected chi connectivity index (χ3v) is 3.46. The van der Waals surface area contributed by atoms with Crippen molar-refractivity contribution in [3.63, 3.8) is 0 Å². The molecule has 2 N–H and O–H groups in total. The molecule has 2 nitrogen and oxygen atoms in total. The van der Waals surface area contributed by atoms with Crippen LogP contribution in [0.15, 0.2) is 61.2 Å². The fourth-order valence-corrected chi connectivity index (χ4v) is 2.35. The van der Waals surface area contributed by atoms with E-state index in [0.717, 1.165) is 39.0 Å². The van der Waals surface area contributed by atoms with Gasteiger partial charge in [0, 0.05) is 16.6 Å². The number of anilines is 1. The van der Waals surface area contributed by atoms with Gasteiger partial charge in [0.05, 0.1) is 11.2 Å². The summed E-state index contributed by atoms with van der Waals surface area (Å²) in [5, 5.41) is 1.15. The number of nitrogen functional groups attached to an aromatic ring is 1. The van der Waals surface area contributed by atoms with Gasteiger partial charge in [-0.3, -0.25) is 0 Å². The topological polar surface area (TPSA) is 38.9 Å². The number of fused-ring (bicyclic) bond motifs is 1. The van der Waals surface area contributed by atoms with E-state index in [1.54, 1.807) is 0 Å². The van der Waals surface area contributed by atoms with Gasteiger partial charge in [-0.05, 0) is 42.3 Å². The van der Waals surface area contributed by atoms with E-state index < -0.39 is 0 Å². The molecule has 0 atom stereocenters. The van der Waals surface area contributed by atoms with E-state index in [4.69, 9.17) is 10.7 Å². The van der Waals surface area contributed by atoms with E-state index in [1.165, 1.54) is 0 Å². The van der Waals surface area contributed by atoms with E-state index >= 15 is 0 Å². The molecule has 1 aromatic heterocycles. The molecule has 0 aliphatic carbocycles. The number of pyridine rings is 1. The highest BCUT2D eigenvalue weighted by Gasteiger charge is 2.08. The quantitative estimate of drug-likeness (QED) is 0.702. The van der Waals surface area contributed by atoms with Crippen molar-refractivity contribution in [3.05, 3.63) is 78.0 Å². The Morgan fingerprint density at radius 1 is 1.05 bits per heavy atom. The van der Waals surface area contributed by atoms with Crippen LogP contribution in [0.25, 0.3) is 16.5 Å². The van der Waals surface area contributed by atoms with Crippen molar-refractivity contribution in [2.24, 2.45) is 0 Å². The maximum Gasteiger partial charge on any atom is 0.0738 e. The molecular formula is C18H16N2. The average Bonchev–Trinajstić information content (AvgIpc) is 2.46. The number of hydrogen-bond acceptors (Lipinski definition) is 2. The fraction of sp³-hybridized carbons (Fsp3) is 0.0556. The van der Waals surface area contributed by atoms with Gasteiger partial charge in [-0.2, -0.15) is 0 Å². The van der Waals surface area contributed by atoms with E-state index in [0.29, 0.717) is 0 Å². The molecule has 0 saturated heterocycles. The summed E-state index contributed by atoms with van der Waals surface area (Å²) in [5.41, 5.74) is 11.5. The van der Waals surface area contributed by atoms with Gasteiger partial charge in [0.1, 0.15) is 0 Å². The Hall–Kier alpha value is -2.61. The largest absolute Gasteiger partial charge is 0.399 e. The lowest BCUT2D eigenvalue weighted by molar-refractivity contribution is 1.27. The van der Waals surface area contributed by atoms with Crippen molar-refractivity contribution in [2.45, 2.75) is 6.92 Å². The molecular weight excluding hydrogens is 244 g/mol. The molecule has 0 saturated carbocycles. The summed E-state index contributed by atoms with van der Waals surface area (Å²) in [6, 6.07) is 18.0. The predicted octanol–water partition coefficient (Wildman–Crippen LogP) is 4.19. The number of para-hydroxylation sites is 1. The smallest absolute Gasteiger partial charge is 0.0738 e. The summed E-state index contributed by atoms with van der Waals surface area (Å²) in [6.07, 6.45) is 0. The second-order valence-corrected chi connectivity index (χ2v) is 4.95. The Bertz CT molecular complexity index is 786.